The Labute approximate surface area is 107 Å². The molecule has 0 bridgehead atoms. The molecule has 0 saturated carbocycles. The summed E-state index contributed by atoms with van der Waals surface area (Å²) in [5.41, 5.74) is 1.10. The summed E-state index contributed by atoms with van der Waals surface area (Å²) in [4.78, 5) is 9.91. The van der Waals surface area contributed by atoms with Gasteiger partial charge in [-0.3, -0.25) is 0 Å². The lowest BCUT2D eigenvalue weighted by molar-refractivity contribution is 1.09. The first kappa shape index (κ1) is 11.5. The van der Waals surface area contributed by atoms with Crippen LogP contribution in [0.4, 0.5) is 5.82 Å². The fourth-order valence-electron chi connectivity index (χ4n) is 1.39. The molecule has 0 aliphatic carbocycles. The van der Waals surface area contributed by atoms with Crippen LogP contribution in [0, 0.1) is 13.8 Å². The molecule has 0 aliphatic rings. The van der Waals surface area contributed by atoms with Crippen LogP contribution in [0.2, 0.25) is 0 Å². The molecule has 0 amide bonds. The third-order valence-corrected chi connectivity index (χ3v) is 3.70. The van der Waals surface area contributed by atoms with Gasteiger partial charge in [0.1, 0.15) is 5.82 Å². The molecule has 2 rings (SSSR count). The maximum atomic E-state index is 4.39. The Hall–Kier alpha value is -0.940. The molecule has 16 heavy (non-hydrogen) atoms. The molecule has 1 N–H and O–H groups in total. The van der Waals surface area contributed by atoms with E-state index in [0.717, 1.165) is 27.5 Å². The number of hydrogen-bond donors (Lipinski definition) is 1. The third-order valence-electron chi connectivity index (χ3n) is 2.16. The van der Waals surface area contributed by atoms with E-state index < -0.39 is 0 Å². The summed E-state index contributed by atoms with van der Waals surface area (Å²) in [6.07, 6.45) is 1.78. The molecular weight excluding hydrogens is 286 g/mol. The Bertz CT molecular complexity index is 478. The minimum absolute atomic E-state index is 0.784. The van der Waals surface area contributed by atoms with Crippen molar-refractivity contribution in [1.82, 2.24) is 9.97 Å². The van der Waals surface area contributed by atoms with E-state index in [1.165, 1.54) is 4.88 Å². The molecule has 5 heteroatoms. The summed E-state index contributed by atoms with van der Waals surface area (Å²) < 4.78 is 0.989. The summed E-state index contributed by atoms with van der Waals surface area (Å²) >= 11 is 5.08. The number of hydrogen-bond acceptors (Lipinski definition) is 4. The van der Waals surface area contributed by atoms with Crippen LogP contribution >= 0.6 is 27.3 Å². The number of pyridine rings is 1. The third kappa shape index (κ3) is 2.80. The highest BCUT2D eigenvalue weighted by atomic mass is 79.9. The van der Waals surface area contributed by atoms with E-state index in [9.17, 15) is 0 Å². The number of rotatable bonds is 3. The van der Waals surface area contributed by atoms with Crippen LogP contribution in [-0.4, -0.2) is 9.97 Å². The van der Waals surface area contributed by atoms with E-state index in [1.54, 1.807) is 17.5 Å². The predicted octanol–water partition coefficient (Wildman–Crippen LogP) is 3.53. The van der Waals surface area contributed by atoms with Gasteiger partial charge < -0.3 is 5.32 Å². The summed E-state index contributed by atoms with van der Waals surface area (Å²) in [5.74, 6) is 0.883. The lowest BCUT2D eigenvalue weighted by atomic mass is 10.4. The summed E-state index contributed by atoms with van der Waals surface area (Å²) in [6.45, 7) is 4.85. The highest BCUT2D eigenvalue weighted by molar-refractivity contribution is 9.10. The number of thiazole rings is 1. The van der Waals surface area contributed by atoms with Crippen molar-refractivity contribution in [2.24, 2.45) is 0 Å². The number of aryl methyl sites for hydroxylation is 2. The highest BCUT2D eigenvalue weighted by Crippen LogP contribution is 2.18. The number of nitrogens with one attached hydrogen (secondary N) is 1. The fraction of sp³-hybridized carbons (Fsp3) is 0.273. The number of aromatic nitrogens is 2. The number of halogens is 1. The van der Waals surface area contributed by atoms with Gasteiger partial charge in [-0.25, -0.2) is 9.97 Å². The molecule has 0 unspecified atom stereocenters. The van der Waals surface area contributed by atoms with Crippen molar-refractivity contribution in [1.29, 1.82) is 0 Å². The molecule has 0 aromatic carbocycles. The highest BCUT2D eigenvalue weighted by Gasteiger charge is 2.04. The Morgan fingerprint density at radius 3 is 2.75 bits per heavy atom. The van der Waals surface area contributed by atoms with E-state index in [-0.39, 0.29) is 0 Å². The predicted molar refractivity (Wildman–Crippen MR) is 70.9 cm³/mol. The van der Waals surface area contributed by atoms with Gasteiger partial charge in [-0.2, -0.15) is 0 Å². The van der Waals surface area contributed by atoms with E-state index in [4.69, 9.17) is 0 Å². The van der Waals surface area contributed by atoms with Gasteiger partial charge in [0.05, 0.1) is 17.2 Å². The maximum Gasteiger partial charge on any atom is 0.126 e. The molecule has 2 aromatic rings. The van der Waals surface area contributed by atoms with Gasteiger partial charge in [0.15, 0.2) is 0 Å². The molecule has 2 heterocycles. The summed E-state index contributed by atoms with van der Waals surface area (Å²) in [6, 6.07) is 3.92. The molecule has 0 saturated heterocycles. The van der Waals surface area contributed by atoms with Gasteiger partial charge in [0, 0.05) is 15.5 Å². The molecule has 0 atom stereocenters. The fourth-order valence-corrected chi connectivity index (χ4v) is 2.50. The lowest BCUT2D eigenvalue weighted by Crippen LogP contribution is -2.00. The monoisotopic (exact) mass is 297 g/mol. The van der Waals surface area contributed by atoms with Gasteiger partial charge in [-0.1, -0.05) is 0 Å². The average molecular weight is 298 g/mol. The maximum absolute atomic E-state index is 4.39. The van der Waals surface area contributed by atoms with Gasteiger partial charge in [0.25, 0.3) is 0 Å². The van der Waals surface area contributed by atoms with Crippen LogP contribution in [0.5, 0.6) is 0 Å². The first-order valence-corrected chi connectivity index (χ1v) is 6.54. The van der Waals surface area contributed by atoms with Crippen LogP contribution in [-0.2, 0) is 6.54 Å². The van der Waals surface area contributed by atoms with Crippen LogP contribution in [0.1, 0.15) is 15.6 Å². The molecular formula is C11H12BrN3S. The molecule has 0 fully saturated rings. The van der Waals surface area contributed by atoms with Gasteiger partial charge in [-0.05, 0) is 41.9 Å². The molecule has 0 radical (unpaired) electrons. The Kier molecular flexibility index (Phi) is 3.56. The average Bonchev–Trinajstić information content (AvgIpc) is 2.57. The van der Waals surface area contributed by atoms with Crippen molar-refractivity contribution < 1.29 is 0 Å². The second kappa shape index (κ2) is 4.93. The van der Waals surface area contributed by atoms with Crippen molar-refractivity contribution >= 4 is 33.1 Å². The first-order valence-electron chi connectivity index (χ1n) is 4.93. The Morgan fingerprint density at radius 1 is 1.38 bits per heavy atom. The SMILES string of the molecule is Cc1nc(C)c(CNc2ccc(Br)cn2)s1. The van der Waals surface area contributed by atoms with Gasteiger partial charge in [0.2, 0.25) is 0 Å². The number of anilines is 1. The quantitative estimate of drug-likeness (QED) is 0.942. The minimum atomic E-state index is 0.784. The smallest absolute Gasteiger partial charge is 0.126 e. The van der Waals surface area contributed by atoms with Crippen molar-refractivity contribution in [3.05, 3.63) is 38.4 Å². The summed E-state index contributed by atoms with van der Waals surface area (Å²) in [7, 11) is 0. The summed E-state index contributed by atoms with van der Waals surface area (Å²) in [5, 5.41) is 4.39. The Balaban J connectivity index is 2.02. The second-order valence-electron chi connectivity index (χ2n) is 3.46. The van der Waals surface area contributed by atoms with E-state index in [2.05, 4.69) is 31.2 Å². The van der Waals surface area contributed by atoms with E-state index in [0.29, 0.717) is 0 Å². The first-order chi connectivity index (χ1) is 7.65. The van der Waals surface area contributed by atoms with Crippen LogP contribution in [0.25, 0.3) is 0 Å². The largest absolute Gasteiger partial charge is 0.365 e. The molecule has 0 aliphatic heterocycles. The van der Waals surface area contributed by atoms with E-state index in [1.807, 2.05) is 26.0 Å². The minimum Gasteiger partial charge on any atom is -0.365 e. The molecule has 84 valence electrons. The normalized spacial score (nSPS) is 10.4. The molecule has 3 nitrogen and oxygen atoms in total. The standard InChI is InChI=1S/C11H12BrN3S/c1-7-10(16-8(2)15-7)6-14-11-4-3-9(12)5-13-11/h3-5H,6H2,1-2H3,(H,13,14). The molecule has 2 aromatic heterocycles. The van der Waals surface area contributed by atoms with Crippen molar-refractivity contribution in [2.75, 3.05) is 5.32 Å². The van der Waals surface area contributed by atoms with Crippen molar-refractivity contribution in [3.63, 3.8) is 0 Å². The van der Waals surface area contributed by atoms with Gasteiger partial charge >= 0.3 is 0 Å². The number of nitrogens with zero attached hydrogens (tertiary/aromatic N) is 2. The Morgan fingerprint density at radius 2 is 2.19 bits per heavy atom. The van der Waals surface area contributed by atoms with Gasteiger partial charge in [-0.15, -0.1) is 11.3 Å². The zero-order chi connectivity index (χ0) is 11.5. The molecule has 0 spiro atoms. The topological polar surface area (TPSA) is 37.8 Å². The van der Waals surface area contributed by atoms with Crippen LogP contribution in [0.3, 0.4) is 0 Å². The second-order valence-corrected chi connectivity index (χ2v) is 5.66. The van der Waals surface area contributed by atoms with Crippen molar-refractivity contribution in [3.8, 4) is 0 Å². The van der Waals surface area contributed by atoms with Crippen LogP contribution < -0.4 is 5.32 Å². The van der Waals surface area contributed by atoms with Crippen LogP contribution in [0.15, 0.2) is 22.8 Å². The lowest BCUT2D eigenvalue weighted by Gasteiger charge is -2.03. The van der Waals surface area contributed by atoms with E-state index >= 15 is 0 Å². The zero-order valence-electron chi connectivity index (χ0n) is 9.12. The zero-order valence-corrected chi connectivity index (χ0v) is 11.5. The van der Waals surface area contributed by atoms with Crippen molar-refractivity contribution in [2.45, 2.75) is 20.4 Å².